The summed E-state index contributed by atoms with van der Waals surface area (Å²) in [4.78, 5) is 12.8. The van der Waals surface area contributed by atoms with Crippen molar-refractivity contribution in [2.75, 3.05) is 0 Å². The maximum Gasteiger partial charge on any atom is 0.416 e. The predicted octanol–water partition coefficient (Wildman–Crippen LogP) is 7.01. The van der Waals surface area contributed by atoms with Crippen molar-refractivity contribution in [3.05, 3.63) is 82.9 Å². The Morgan fingerprint density at radius 3 is 2.48 bits per heavy atom. The largest absolute Gasteiger partial charge is 0.416 e. The summed E-state index contributed by atoms with van der Waals surface area (Å²) in [7, 11) is 0. The molecule has 0 aliphatic heterocycles. The zero-order chi connectivity index (χ0) is 22.0. The Labute approximate surface area is 184 Å². The normalized spacial score (nSPS) is 11.9. The second-order valence-electron chi connectivity index (χ2n) is 6.86. The topological polar surface area (TPSA) is 41.6 Å². The number of fused-ring (bicyclic) bond motifs is 1. The van der Waals surface area contributed by atoms with E-state index in [2.05, 4.69) is 15.0 Å². The lowest BCUT2D eigenvalue weighted by molar-refractivity contribution is -0.137. The summed E-state index contributed by atoms with van der Waals surface area (Å²) in [6.45, 7) is 1.99. The average molecular weight is 464 g/mol. The minimum atomic E-state index is -4.39. The zero-order valence-electron chi connectivity index (χ0n) is 16.3. The molecule has 2 aromatic heterocycles. The van der Waals surface area contributed by atoms with Crippen LogP contribution in [0, 0.1) is 12.7 Å². The fourth-order valence-electron chi connectivity index (χ4n) is 2.97. The number of halogens is 4. The van der Waals surface area contributed by atoms with Crippen molar-refractivity contribution in [2.45, 2.75) is 34.7 Å². The molecule has 0 spiro atoms. The van der Waals surface area contributed by atoms with E-state index in [4.69, 9.17) is 0 Å². The molecule has 0 bridgehead atoms. The van der Waals surface area contributed by atoms with Crippen LogP contribution >= 0.6 is 23.5 Å². The first-order valence-electron chi connectivity index (χ1n) is 9.31. The van der Waals surface area contributed by atoms with Crippen molar-refractivity contribution in [3.63, 3.8) is 0 Å². The summed E-state index contributed by atoms with van der Waals surface area (Å²) < 4.78 is 51.7. The lowest BCUT2D eigenvalue weighted by Gasteiger charge is -2.09. The molecule has 2 aromatic carbocycles. The van der Waals surface area contributed by atoms with Gasteiger partial charge >= 0.3 is 6.18 Å². The van der Waals surface area contributed by atoms with Gasteiger partial charge in [-0.2, -0.15) is 13.2 Å². The smallest absolute Gasteiger partial charge is 0.333 e. The van der Waals surface area contributed by atoms with E-state index in [-0.39, 0.29) is 5.82 Å². The Bertz CT molecular complexity index is 1200. The van der Waals surface area contributed by atoms with E-state index in [0.717, 1.165) is 33.8 Å². The van der Waals surface area contributed by atoms with Crippen LogP contribution in [0.25, 0.3) is 11.0 Å². The lowest BCUT2D eigenvalue weighted by atomic mass is 10.2. The Kier molecular flexibility index (Phi) is 6.24. The van der Waals surface area contributed by atoms with Gasteiger partial charge in [-0.1, -0.05) is 23.9 Å². The minimum Gasteiger partial charge on any atom is -0.333 e. The Morgan fingerprint density at radius 1 is 0.968 bits per heavy atom. The Morgan fingerprint density at radius 2 is 1.74 bits per heavy atom. The molecule has 0 atom stereocenters. The van der Waals surface area contributed by atoms with Gasteiger partial charge in [0, 0.05) is 22.6 Å². The molecule has 0 saturated carbocycles. The number of benzene rings is 2. The van der Waals surface area contributed by atoms with Gasteiger partial charge in [-0.15, -0.1) is 11.8 Å². The molecule has 4 rings (SSSR count). The molecular formula is C22H17F4N3S2. The molecule has 9 heteroatoms. The van der Waals surface area contributed by atoms with E-state index < -0.39 is 11.7 Å². The number of nitrogens with one attached hydrogen (secondary N) is 1. The highest BCUT2D eigenvalue weighted by Gasteiger charge is 2.30. The third-order valence-corrected chi connectivity index (χ3v) is 6.81. The molecule has 2 heterocycles. The quantitative estimate of drug-likeness (QED) is 0.247. The van der Waals surface area contributed by atoms with Crippen LogP contribution in [-0.4, -0.2) is 15.0 Å². The molecule has 0 saturated heterocycles. The SMILES string of the molecule is Cc1c(SCc2ccc(F)cc2)ccnc1CSc1nc2ccc(C(F)(F)F)cc2[nH]1. The number of pyridine rings is 1. The first-order valence-corrected chi connectivity index (χ1v) is 11.3. The number of H-pyrrole nitrogens is 1. The highest BCUT2D eigenvalue weighted by molar-refractivity contribution is 7.98. The number of aromatic nitrogens is 3. The van der Waals surface area contributed by atoms with Gasteiger partial charge in [0.15, 0.2) is 5.16 Å². The van der Waals surface area contributed by atoms with E-state index in [1.807, 2.05) is 13.0 Å². The lowest BCUT2D eigenvalue weighted by Crippen LogP contribution is -2.04. The van der Waals surface area contributed by atoms with Crippen molar-refractivity contribution in [2.24, 2.45) is 0 Å². The molecule has 0 radical (unpaired) electrons. The highest BCUT2D eigenvalue weighted by atomic mass is 32.2. The number of hydrogen-bond donors (Lipinski definition) is 1. The molecule has 0 aliphatic rings. The summed E-state index contributed by atoms with van der Waals surface area (Å²) >= 11 is 3.04. The van der Waals surface area contributed by atoms with Crippen molar-refractivity contribution < 1.29 is 17.6 Å². The van der Waals surface area contributed by atoms with Crippen LogP contribution in [0.2, 0.25) is 0 Å². The van der Waals surface area contributed by atoms with Crippen LogP contribution in [0.4, 0.5) is 17.6 Å². The number of imidazole rings is 1. The van der Waals surface area contributed by atoms with Gasteiger partial charge in [-0.05, 0) is 54.4 Å². The highest BCUT2D eigenvalue weighted by Crippen LogP contribution is 2.33. The monoisotopic (exact) mass is 463 g/mol. The summed E-state index contributed by atoms with van der Waals surface area (Å²) in [5, 5.41) is 0.542. The number of hydrogen-bond acceptors (Lipinski definition) is 4. The molecule has 160 valence electrons. The summed E-state index contributed by atoms with van der Waals surface area (Å²) in [5.41, 5.74) is 3.08. The van der Waals surface area contributed by atoms with Crippen molar-refractivity contribution in [3.8, 4) is 0 Å². The second kappa shape index (κ2) is 8.92. The molecule has 3 nitrogen and oxygen atoms in total. The van der Waals surface area contributed by atoms with Crippen LogP contribution in [0.3, 0.4) is 0 Å². The van der Waals surface area contributed by atoms with Crippen LogP contribution < -0.4 is 0 Å². The third kappa shape index (κ3) is 5.22. The van der Waals surface area contributed by atoms with Gasteiger partial charge < -0.3 is 4.98 Å². The van der Waals surface area contributed by atoms with Crippen LogP contribution in [0.15, 0.2) is 64.8 Å². The van der Waals surface area contributed by atoms with Crippen LogP contribution in [0.1, 0.15) is 22.4 Å². The van der Waals surface area contributed by atoms with Gasteiger partial charge in [0.2, 0.25) is 0 Å². The van der Waals surface area contributed by atoms with E-state index in [1.54, 1.807) is 30.1 Å². The van der Waals surface area contributed by atoms with E-state index in [0.29, 0.717) is 27.7 Å². The Balaban J connectivity index is 1.44. The molecule has 0 aliphatic carbocycles. The summed E-state index contributed by atoms with van der Waals surface area (Å²) in [5.74, 6) is 0.985. The van der Waals surface area contributed by atoms with Gasteiger partial charge in [0.1, 0.15) is 5.82 Å². The van der Waals surface area contributed by atoms with Crippen LogP contribution in [-0.2, 0) is 17.7 Å². The predicted molar refractivity (Wildman–Crippen MR) is 116 cm³/mol. The van der Waals surface area contributed by atoms with Crippen molar-refractivity contribution >= 4 is 34.6 Å². The molecule has 0 amide bonds. The maximum absolute atomic E-state index is 13.1. The number of nitrogens with zero attached hydrogens (tertiary/aromatic N) is 2. The van der Waals surface area contributed by atoms with Gasteiger partial charge in [0.25, 0.3) is 0 Å². The van der Waals surface area contributed by atoms with E-state index in [1.165, 1.54) is 30.0 Å². The second-order valence-corrected chi connectivity index (χ2v) is 8.84. The van der Waals surface area contributed by atoms with Crippen LogP contribution in [0.5, 0.6) is 0 Å². The number of aromatic amines is 1. The minimum absolute atomic E-state index is 0.256. The molecule has 4 aromatic rings. The molecule has 0 unspecified atom stereocenters. The first-order chi connectivity index (χ1) is 14.8. The maximum atomic E-state index is 13.1. The first kappa shape index (κ1) is 21.7. The molecule has 1 N–H and O–H groups in total. The van der Waals surface area contributed by atoms with Crippen molar-refractivity contribution in [1.82, 2.24) is 15.0 Å². The fraction of sp³-hybridized carbons (Fsp3) is 0.182. The molecular weight excluding hydrogens is 446 g/mol. The van der Waals surface area contributed by atoms with Crippen molar-refractivity contribution in [1.29, 1.82) is 0 Å². The van der Waals surface area contributed by atoms with Gasteiger partial charge in [-0.25, -0.2) is 9.37 Å². The molecule has 31 heavy (non-hydrogen) atoms. The third-order valence-electron chi connectivity index (χ3n) is 4.70. The van der Waals surface area contributed by atoms with Gasteiger partial charge in [-0.3, -0.25) is 4.98 Å². The summed E-state index contributed by atoms with van der Waals surface area (Å²) in [6, 6.07) is 11.8. The number of rotatable bonds is 6. The van der Waals surface area contributed by atoms with Gasteiger partial charge in [0.05, 0.1) is 22.3 Å². The zero-order valence-corrected chi connectivity index (χ0v) is 18.0. The standard InChI is InChI=1S/C22H17F4N3S2/c1-13-19(27-9-8-20(13)30-11-14-2-5-16(23)6-3-14)12-31-21-28-17-7-4-15(22(24,25)26)10-18(17)29-21/h2-10H,11-12H2,1H3,(H,28,29). The molecule has 0 fully saturated rings. The average Bonchev–Trinajstić information content (AvgIpc) is 3.15. The summed E-state index contributed by atoms with van der Waals surface area (Å²) in [6.07, 6.45) is -2.65. The fourth-order valence-corrected chi connectivity index (χ4v) is 4.89. The van der Waals surface area contributed by atoms with E-state index >= 15 is 0 Å². The number of thioether (sulfide) groups is 2. The Hall–Kier alpha value is -2.52. The number of alkyl halides is 3. The van der Waals surface area contributed by atoms with E-state index in [9.17, 15) is 17.6 Å².